The first-order chi connectivity index (χ1) is 18.4. The molecule has 2 saturated heterocycles. The molecule has 2 amide bonds. The first-order valence-electron chi connectivity index (χ1n) is 13.2. The van der Waals surface area contributed by atoms with Gasteiger partial charge in [-0.2, -0.15) is 5.10 Å². The highest BCUT2D eigenvalue weighted by molar-refractivity contribution is 7.82. The zero-order valence-corrected chi connectivity index (χ0v) is 22.6. The molecule has 2 fully saturated rings. The number of hydroxylamine groups is 1. The number of carboxylic acid groups (broad SMARTS) is 1. The SMILES string of the molecule is C1CCOC1.CCn1ncc2ccc(C3=CCN(S(=O)CC4(C(=O)NO)CCN(C(=O)O)CC4)CC3)cc21. The third kappa shape index (κ3) is 6.42. The van der Waals surface area contributed by atoms with Gasteiger partial charge in [0.1, 0.15) is 0 Å². The van der Waals surface area contributed by atoms with Crippen LogP contribution < -0.4 is 5.48 Å². The highest BCUT2D eigenvalue weighted by atomic mass is 32.2. The first kappa shape index (κ1) is 28.2. The van der Waals surface area contributed by atoms with E-state index in [4.69, 9.17) is 4.74 Å². The molecule has 3 N–H and O–H groups in total. The molecule has 4 heterocycles. The van der Waals surface area contributed by atoms with E-state index < -0.39 is 28.4 Å². The van der Waals surface area contributed by atoms with Gasteiger partial charge in [-0.1, -0.05) is 18.2 Å². The minimum atomic E-state index is -1.44. The van der Waals surface area contributed by atoms with Crippen LogP contribution in [0.5, 0.6) is 0 Å². The van der Waals surface area contributed by atoms with Crippen molar-refractivity contribution in [3.8, 4) is 0 Å². The van der Waals surface area contributed by atoms with Crippen LogP contribution >= 0.6 is 0 Å². The highest BCUT2D eigenvalue weighted by Crippen LogP contribution is 2.34. The van der Waals surface area contributed by atoms with E-state index in [0.717, 1.165) is 42.6 Å². The van der Waals surface area contributed by atoms with Crippen LogP contribution in [0.1, 0.15) is 44.6 Å². The number of aryl methyl sites for hydroxylation is 1. The van der Waals surface area contributed by atoms with E-state index in [1.165, 1.54) is 23.3 Å². The molecule has 11 nitrogen and oxygen atoms in total. The molecule has 1 aromatic carbocycles. The van der Waals surface area contributed by atoms with Crippen LogP contribution in [0.15, 0.2) is 30.5 Å². The second-order valence-corrected chi connectivity index (χ2v) is 11.3. The molecular weight excluding hydrogens is 510 g/mol. The smallest absolute Gasteiger partial charge is 0.407 e. The topological polar surface area (TPSA) is 137 Å². The molecule has 3 aliphatic rings. The third-order valence-corrected chi connectivity index (χ3v) is 9.28. The Hall–Kier alpha value is -2.80. The Kier molecular flexibility index (Phi) is 9.53. The van der Waals surface area contributed by atoms with Gasteiger partial charge in [0.05, 0.1) is 33.9 Å². The molecule has 2 aromatic rings. The van der Waals surface area contributed by atoms with E-state index in [2.05, 4.69) is 36.3 Å². The van der Waals surface area contributed by atoms with Gasteiger partial charge < -0.3 is 14.7 Å². The number of nitrogens with zero attached hydrogens (tertiary/aromatic N) is 4. The zero-order valence-electron chi connectivity index (χ0n) is 21.8. The lowest BCUT2D eigenvalue weighted by molar-refractivity contribution is -0.141. The van der Waals surface area contributed by atoms with Gasteiger partial charge in [-0.15, -0.1) is 0 Å². The van der Waals surface area contributed by atoms with E-state index in [0.29, 0.717) is 13.1 Å². The largest absolute Gasteiger partial charge is 0.465 e. The van der Waals surface area contributed by atoms with Crippen LogP contribution in [-0.4, -0.2) is 90.7 Å². The van der Waals surface area contributed by atoms with Gasteiger partial charge in [-0.25, -0.2) is 18.8 Å². The number of fused-ring (bicyclic) bond motifs is 1. The summed E-state index contributed by atoms with van der Waals surface area (Å²) >= 11 is 0. The number of hydrogen-bond acceptors (Lipinski definition) is 6. The van der Waals surface area contributed by atoms with Crippen molar-refractivity contribution in [1.82, 2.24) is 24.5 Å². The second kappa shape index (κ2) is 12.8. The molecule has 5 rings (SSSR count). The predicted octanol–water partition coefficient (Wildman–Crippen LogP) is 2.87. The average molecular weight is 548 g/mol. The molecule has 1 atom stereocenters. The lowest BCUT2D eigenvalue weighted by Crippen LogP contribution is -2.53. The standard InChI is InChI=1S/C22H29N5O5S.C4H8O/c1-2-27-19-13-17(3-4-18(19)14-23-27)16-5-9-26(10-6-16)33(32)15-22(20(28)24-31)7-11-25(12-8-22)21(29)30;1-2-4-5-3-1/h3-5,13-14,31H,2,6-12,15H2,1H3,(H,24,28)(H,29,30);1-4H2. The fourth-order valence-corrected chi connectivity index (χ4v) is 6.75. The lowest BCUT2D eigenvalue weighted by Gasteiger charge is -2.39. The van der Waals surface area contributed by atoms with E-state index in [1.807, 2.05) is 15.2 Å². The van der Waals surface area contributed by atoms with E-state index in [-0.39, 0.29) is 31.7 Å². The summed E-state index contributed by atoms with van der Waals surface area (Å²) in [5.41, 5.74) is 4.05. The minimum absolute atomic E-state index is 0.0532. The summed E-state index contributed by atoms with van der Waals surface area (Å²) < 4.78 is 21.9. The van der Waals surface area contributed by atoms with Crippen molar-refractivity contribution in [2.45, 2.75) is 45.6 Å². The van der Waals surface area contributed by atoms with Crippen molar-refractivity contribution in [3.05, 3.63) is 36.0 Å². The number of hydrogen-bond donors (Lipinski definition) is 3. The molecule has 12 heteroatoms. The van der Waals surface area contributed by atoms with Crippen molar-refractivity contribution in [3.63, 3.8) is 0 Å². The highest BCUT2D eigenvalue weighted by Gasteiger charge is 2.44. The number of carbonyl (C=O) groups is 2. The van der Waals surface area contributed by atoms with Gasteiger partial charge in [-0.05, 0) is 56.2 Å². The summed E-state index contributed by atoms with van der Waals surface area (Å²) in [7, 11) is -1.44. The maximum absolute atomic E-state index is 13.2. The van der Waals surface area contributed by atoms with E-state index in [1.54, 1.807) is 5.48 Å². The van der Waals surface area contributed by atoms with Crippen molar-refractivity contribution in [2.75, 3.05) is 45.1 Å². The third-order valence-electron chi connectivity index (χ3n) is 7.58. The molecule has 1 unspecified atom stereocenters. The summed E-state index contributed by atoms with van der Waals surface area (Å²) in [5.74, 6) is -0.549. The van der Waals surface area contributed by atoms with Crippen molar-refractivity contribution in [2.24, 2.45) is 5.41 Å². The molecule has 0 saturated carbocycles. The van der Waals surface area contributed by atoms with Gasteiger partial charge in [0.15, 0.2) is 0 Å². The molecule has 0 bridgehead atoms. The maximum Gasteiger partial charge on any atom is 0.407 e. The average Bonchev–Trinajstić information content (AvgIpc) is 3.66. The van der Waals surface area contributed by atoms with E-state index >= 15 is 0 Å². The zero-order chi connectivity index (χ0) is 27.1. The number of amides is 2. The number of ether oxygens (including phenoxy) is 1. The Labute approximate surface area is 225 Å². The van der Waals surface area contributed by atoms with Gasteiger partial charge in [0, 0.05) is 51.3 Å². The number of carbonyl (C=O) groups excluding carboxylic acids is 1. The Bertz CT molecular complexity index is 1180. The summed E-state index contributed by atoms with van der Waals surface area (Å²) in [6, 6.07) is 6.29. The van der Waals surface area contributed by atoms with Crippen LogP contribution in [0.3, 0.4) is 0 Å². The fourth-order valence-electron chi connectivity index (χ4n) is 5.14. The molecule has 208 valence electrons. The predicted molar refractivity (Wildman–Crippen MR) is 144 cm³/mol. The van der Waals surface area contributed by atoms with Crippen LogP contribution in [0.2, 0.25) is 0 Å². The Morgan fingerprint density at radius 2 is 1.92 bits per heavy atom. The summed E-state index contributed by atoms with van der Waals surface area (Å²) in [6.07, 6.45) is 6.62. The lowest BCUT2D eigenvalue weighted by atomic mass is 9.79. The molecule has 0 aliphatic carbocycles. The van der Waals surface area contributed by atoms with Crippen LogP contribution in [0, 0.1) is 5.41 Å². The number of aromatic nitrogens is 2. The Morgan fingerprint density at radius 1 is 1.18 bits per heavy atom. The number of rotatable bonds is 6. The molecule has 3 aliphatic heterocycles. The molecule has 0 spiro atoms. The number of benzene rings is 1. The van der Waals surface area contributed by atoms with Crippen LogP contribution in [-0.2, 0) is 27.1 Å². The minimum Gasteiger partial charge on any atom is -0.465 e. The van der Waals surface area contributed by atoms with Crippen molar-refractivity contribution >= 4 is 39.5 Å². The maximum atomic E-state index is 13.2. The summed E-state index contributed by atoms with van der Waals surface area (Å²) in [6.45, 7) is 6.27. The molecule has 1 aromatic heterocycles. The molecule has 0 radical (unpaired) electrons. The van der Waals surface area contributed by atoms with Gasteiger partial charge in [-0.3, -0.25) is 14.7 Å². The van der Waals surface area contributed by atoms with E-state index in [9.17, 15) is 24.1 Å². The monoisotopic (exact) mass is 547 g/mol. The van der Waals surface area contributed by atoms with Gasteiger partial charge >= 0.3 is 6.09 Å². The Morgan fingerprint density at radius 3 is 2.47 bits per heavy atom. The number of likely N-dealkylation sites (tertiary alicyclic amines) is 1. The fraction of sp³-hybridized carbons (Fsp3) is 0.577. The Balaban J connectivity index is 0.000000603. The molecule has 38 heavy (non-hydrogen) atoms. The van der Waals surface area contributed by atoms with Crippen molar-refractivity contribution in [1.29, 1.82) is 0 Å². The molecular formula is C26H37N5O6S. The second-order valence-electron chi connectivity index (χ2n) is 9.88. The van der Waals surface area contributed by atoms with Crippen LogP contribution in [0.4, 0.5) is 4.79 Å². The first-order valence-corrected chi connectivity index (χ1v) is 14.4. The normalized spacial score (nSPS) is 20.4. The quantitative estimate of drug-likeness (QED) is 0.374. The summed E-state index contributed by atoms with van der Waals surface area (Å²) in [5, 5.41) is 23.9. The van der Waals surface area contributed by atoms with Gasteiger partial charge in [0.2, 0.25) is 0 Å². The summed E-state index contributed by atoms with van der Waals surface area (Å²) in [4.78, 5) is 24.9. The number of nitrogens with one attached hydrogen (secondary N) is 1. The van der Waals surface area contributed by atoms with Crippen LogP contribution in [0.25, 0.3) is 16.5 Å². The van der Waals surface area contributed by atoms with Crippen molar-refractivity contribution < 1.29 is 28.8 Å². The van der Waals surface area contributed by atoms with Gasteiger partial charge in [0.25, 0.3) is 5.91 Å². The number of piperidine rings is 1.